The van der Waals surface area contributed by atoms with E-state index >= 15 is 0 Å². The van der Waals surface area contributed by atoms with Gasteiger partial charge in [0.15, 0.2) is 0 Å². The Balaban J connectivity index is 1.18. The van der Waals surface area contributed by atoms with Gasteiger partial charge in [0.05, 0.1) is 13.2 Å². The van der Waals surface area contributed by atoms with Crippen LogP contribution in [0.3, 0.4) is 0 Å². The molecule has 3 amide bonds. The zero-order valence-electron chi connectivity index (χ0n) is 19.7. The van der Waals surface area contributed by atoms with Crippen molar-refractivity contribution in [2.75, 3.05) is 31.2 Å². The van der Waals surface area contributed by atoms with Crippen LogP contribution in [0.4, 0.5) is 5.69 Å². The lowest BCUT2D eigenvalue weighted by molar-refractivity contribution is -0.136. The minimum Gasteiger partial charge on any atom is -0.379 e. The largest absolute Gasteiger partial charge is 0.379 e. The number of imide groups is 1. The van der Waals surface area contributed by atoms with Crippen molar-refractivity contribution < 1.29 is 19.1 Å². The molecule has 182 valence electrons. The van der Waals surface area contributed by atoms with E-state index in [-0.39, 0.29) is 24.1 Å². The zero-order valence-corrected chi connectivity index (χ0v) is 19.7. The maximum atomic E-state index is 13.2. The molecule has 8 heteroatoms. The van der Waals surface area contributed by atoms with Crippen LogP contribution in [0.1, 0.15) is 52.2 Å². The number of anilines is 1. The summed E-state index contributed by atoms with van der Waals surface area (Å²) in [6.45, 7) is 4.51. The first kappa shape index (κ1) is 22.2. The molecule has 6 rings (SSSR count). The van der Waals surface area contributed by atoms with Crippen LogP contribution in [0.5, 0.6) is 0 Å². The van der Waals surface area contributed by atoms with Gasteiger partial charge in [-0.1, -0.05) is 30.3 Å². The summed E-state index contributed by atoms with van der Waals surface area (Å²) in [6.07, 6.45) is 1.68. The number of carbonyl (C=O) groups excluding carboxylic acids is 3. The van der Waals surface area contributed by atoms with Crippen molar-refractivity contribution in [3.63, 3.8) is 0 Å². The van der Waals surface area contributed by atoms with Gasteiger partial charge < -0.3 is 19.9 Å². The Morgan fingerprint density at radius 2 is 1.97 bits per heavy atom. The summed E-state index contributed by atoms with van der Waals surface area (Å²) in [5.41, 5.74) is 5.32. The van der Waals surface area contributed by atoms with Gasteiger partial charge in [0.1, 0.15) is 6.04 Å². The number of para-hydroxylation sites is 1. The Labute approximate surface area is 204 Å². The molecule has 0 aliphatic carbocycles. The molecule has 4 heterocycles. The van der Waals surface area contributed by atoms with Crippen LogP contribution >= 0.6 is 0 Å². The fourth-order valence-electron chi connectivity index (χ4n) is 5.97. The number of hydrogen-bond acceptors (Lipinski definition) is 6. The lowest BCUT2D eigenvalue weighted by Gasteiger charge is -2.29. The molecular weight excluding hydrogens is 444 g/mol. The highest BCUT2D eigenvalue weighted by Gasteiger charge is 2.39. The Morgan fingerprint density at radius 3 is 2.80 bits per heavy atom. The summed E-state index contributed by atoms with van der Waals surface area (Å²) in [6, 6.07) is 14.5. The van der Waals surface area contributed by atoms with Crippen molar-refractivity contribution in [1.82, 2.24) is 15.5 Å². The van der Waals surface area contributed by atoms with E-state index in [1.54, 1.807) is 4.90 Å². The van der Waals surface area contributed by atoms with Crippen molar-refractivity contribution in [3.8, 4) is 0 Å². The van der Waals surface area contributed by atoms with E-state index in [0.29, 0.717) is 30.5 Å². The number of fused-ring (bicyclic) bond motifs is 2. The Bertz CT molecular complexity index is 1180. The zero-order chi connectivity index (χ0) is 23.9. The number of hydrogen-bond donors (Lipinski definition) is 2. The number of benzene rings is 2. The van der Waals surface area contributed by atoms with Crippen LogP contribution in [0, 0.1) is 0 Å². The average Bonchev–Trinajstić information content (AvgIpc) is 3.37. The van der Waals surface area contributed by atoms with Gasteiger partial charge in [0.2, 0.25) is 11.8 Å². The second-order valence-corrected chi connectivity index (χ2v) is 9.99. The van der Waals surface area contributed by atoms with E-state index in [0.717, 1.165) is 50.4 Å². The molecule has 3 unspecified atom stereocenters. The van der Waals surface area contributed by atoms with E-state index < -0.39 is 6.04 Å². The molecular formula is C27H30N4O4. The fourth-order valence-corrected chi connectivity index (χ4v) is 5.97. The van der Waals surface area contributed by atoms with E-state index in [1.807, 2.05) is 12.1 Å². The van der Waals surface area contributed by atoms with E-state index in [2.05, 4.69) is 45.9 Å². The van der Waals surface area contributed by atoms with E-state index in [4.69, 9.17) is 4.74 Å². The van der Waals surface area contributed by atoms with Crippen molar-refractivity contribution in [1.29, 1.82) is 0 Å². The normalized spacial score (nSPS) is 26.1. The number of rotatable bonds is 5. The van der Waals surface area contributed by atoms with Gasteiger partial charge in [0.25, 0.3) is 5.91 Å². The molecule has 0 bridgehead atoms. The lowest BCUT2D eigenvalue weighted by Crippen LogP contribution is -2.52. The van der Waals surface area contributed by atoms with Gasteiger partial charge in [-0.3, -0.25) is 19.7 Å². The molecule has 0 aromatic heterocycles. The number of ether oxygens (including phenoxy) is 1. The van der Waals surface area contributed by atoms with E-state index in [9.17, 15) is 14.4 Å². The van der Waals surface area contributed by atoms with Crippen LogP contribution in [0.2, 0.25) is 0 Å². The molecule has 2 fully saturated rings. The van der Waals surface area contributed by atoms with Crippen LogP contribution < -0.4 is 15.5 Å². The molecule has 0 saturated carbocycles. The molecule has 2 N–H and O–H groups in total. The highest BCUT2D eigenvalue weighted by atomic mass is 16.5. The average molecular weight is 475 g/mol. The topological polar surface area (TPSA) is 91.0 Å². The van der Waals surface area contributed by atoms with Crippen molar-refractivity contribution in [2.24, 2.45) is 0 Å². The quantitative estimate of drug-likeness (QED) is 0.644. The van der Waals surface area contributed by atoms with Gasteiger partial charge in [-0.2, -0.15) is 0 Å². The van der Waals surface area contributed by atoms with Crippen molar-refractivity contribution in [2.45, 2.75) is 50.4 Å². The standard InChI is InChI=1S/C27H30N4O4/c32-25-8-7-24(26(33)29-25)31-15-18-6-5-17(11-22(18)27(31)34)13-30-14-19(12-20-16-35-10-9-28-20)21-3-1-2-4-23(21)30/h1-6,11,19-20,24,28H,7-10,12-16H2,(H,29,32,33). The molecule has 3 atom stereocenters. The Kier molecular flexibility index (Phi) is 5.78. The number of amides is 3. The molecule has 0 radical (unpaired) electrons. The minimum absolute atomic E-state index is 0.126. The van der Waals surface area contributed by atoms with Gasteiger partial charge >= 0.3 is 0 Å². The second kappa shape index (κ2) is 9.09. The SMILES string of the molecule is O=C1CCC(N2Cc3ccc(CN4CC(CC5COCCN5)c5ccccc54)cc3C2=O)C(=O)N1. The first-order chi connectivity index (χ1) is 17.1. The fraction of sp³-hybridized carbons (Fsp3) is 0.444. The Hall–Kier alpha value is -3.23. The molecule has 4 aliphatic rings. The summed E-state index contributed by atoms with van der Waals surface area (Å²) in [7, 11) is 0. The van der Waals surface area contributed by atoms with Crippen molar-refractivity contribution in [3.05, 3.63) is 64.7 Å². The molecule has 0 spiro atoms. The van der Waals surface area contributed by atoms with Crippen LogP contribution in [0.25, 0.3) is 0 Å². The number of nitrogens with zero attached hydrogens (tertiary/aromatic N) is 2. The lowest BCUT2D eigenvalue weighted by atomic mass is 9.94. The highest BCUT2D eigenvalue weighted by Crippen LogP contribution is 2.40. The number of piperidine rings is 1. The molecule has 2 aromatic carbocycles. The maximum absolute atomic E-state index is 13.2. The molecule has 2 aromatic rings. The van der Waals surface area contributed by atoms with Crippen LogP contribution in [-0.4, -0.2) is 61.0 Å². The number of nitrogens with one attached hydrogen (secondary N) is 2. The van der Waals surface area contributed by atoms with Gasteiger partial charge in [-0.15, -0.1) is 0 Å². The predicted molar refractivity (Wildman–Crippen MR) is 130 cm³/mol. The van der Waals surface area contributed by atoms with Gasteiger partial charge in [-0.05, 0) is 41.7 Å². The maximum Gasteiger partial charge on any atom is 0.255 e. The number of morpholine rings is 1. The van der Waals surface area contributed by atoms with E-state index in [1.165, 1.54) is 11.3 Å². The third-order valence-electron chi connectivity index (χ3n) is 7.69. The van der Waals surface area contributed by atoms with Crippen LogP contribution in [-0.2, 0) is 27.4 Å². The third kappa shape index (κ3) is 4.21. The van der Waals surface area contributed by atoms with Crippen molar-refractivity contribution >= 4 is 23.4 Å². The van der Waals surface area contributed by atoms with Gasteiger partial charge in [0, 0.05) is 55.8 Å². The summed E-state index contributed by atoms with van der Waals surface area (Å²) in [5, 5.41) is 5.94. The number of carbonyl (C=O) groups is 3. The highest BCUT2D eigenvalue weighted by molar-refractivity contribution is 6.05. The third-order valence-corrected chi connectivity index (χ3v) is 7.69. The first-order valence-electron chi connectivity index (χ1n) is 12.5. The predicted octanol–water partition coefficient (Wildman–Crippen LogP) is 1.93. The second-order valence-electron chi connectivity index (χ2n) is 9.99. The molecule has 35 heavy (non-hydrogen) atoms. The van der Waals surface area contributed by atoms with Crippen LogP contribution in [0.15, 0.2) is 42.5 Å². The molecule has 2 saturated heterocycles. The summed E-state index contributed by atoms with van der Waals surface area (Å²) in [5.74, 6) is -0.335. The van der Waals surface area contributed by atoms with Gasteiger partial charge in [-0.25, -0.2) is 0 Å². The minimum atomic E-state index is -0.584. The smallest absolute Gasteiger partial charge is 0.255 e. The first-order valence-corrected chi connectivity index (χ1v) is 12.5. The molecule has 8 nitrogen and oxygen atoms in total. The monoisotopic (exact) mass is 474 g/mol. The summed E-state index contributed by atoms with van der Waals surface area (Å²) < 4.78 is 5.67. The summed E-state index contributed by atoms with van der Waals surface area (Å²) >= 11 is 0. The molecule has 4 aliphatic heterocycles. The summed E-state index contributed by atoms with van der Waals surface area (Å²) in [4.78, 5) is 41.1. The Morgan fingerprint density at radius 1 is 1.09 bits per heavy atom.